The molecule has 0 aliphatic carbocycles. The van der Waals surface area contributed by atoms with Crippen LogP contribution >= 0.6 is 0 Å². The Balaban J connectivity index is 1.24. The van der Waals surface area contributed by atoms with E-state index in [1.165, 1.54) is 5.56 Å². The van der Waals surface area contributed by atoms with E-state index in [-0.39, 0.29) is 12.2 Å². The number of nitrogens with zero attached hydrogens (tertiary/aromatic N) is 2. The number of hydrogen-bond acceptors (Lipinski definition) is 4. The van der Waals surface area contributed by atoms with Crippen molar-refractivity contribution in [3.05, 3.63) is 29.8 Å². The second-order valence-corrected chi connectivity index (χ2v) is 6.96. The van der Waals surface area contributed by atoms with E-state index in [2.05, 4.69) is 23.1 Å². The van der Waals surface area contributed by atoms with E-state index in [9.17, 15) is 4.79 Å². The molecule has 3 aliphatic rings. The molecule has 4 rings (SSSR count). The SMILES string of the molecule is O=C(CCN1CCC(C2OCCO2)CC1)N1CCc2ccccc21. The molecule has 2 saturated heterocycles. The number of rotatable bonds is 4. The largest absolute Gasteiger partial charge is 0.350 e. The number of carbonyl (C=O) groups excluding carboxylic acids is 1. The van der Waals surface area contributed by atoms with Crippen LogP contribution in [-0.2, 0) is 20.7 Å². The number of piperidine rings is 1. The van der Waals surface area contributed by atoms with Crippen molar-refractivity contribution < 1.29 is 14.3 Å². The van der Waals surface area contributed by atoms with Crippen molar-refractivity contribution in [1.29, 1.82) is 0 Å². The van der Waals surface area contributed by atoms with Crippen molar-refractivity contribution >= 4 is 11.6 Å². The molecule has 3 heterocycles. The summed E-state index contributed by atoms with van der Waals surface area (Å²) in [7, 11) is 0. The van der Waals surface area contributed by atoms with Gasteiger partial charge in [-0.25, -0.2) is 0 Å². The van der Waals surface area contributed by atoms with Gasteiger partial charge in [0.25, 0.3) is 0 Å². The van der Waals surface area contributed by atoms with E-state index in [4.69, 9.17) is 9.47 Å². The fraction of sp³-hybridized carbons (Fsp3) is 0.632. The molecule has 5 heteroatoms. The second-order valence-electron chi connectivity index (χ2n) is 6.96. The highest BCUT2D eigenvalue weighted by Gasteiger charge is 2.31. The average Bonchev–Trinajstić information content (AvgIpc) is 3.30. The zero-order valence-corrected chi connectivity index (χ0v) is 14.2. The summed E-state index contributed by atoms with van der Waals surface area (Å²) in [5, 5.41) is 0. The topological polar surface area (TPSA) is 42.0 Å². The van der Waals surface area contributed by atoms with E-state index in [1.807, 2.05) is 11.0 Å². The molecular formula is C19H26N2O3. The molecule has 1 aromatic rings. The molecule has 130 valence electrons. The van der Waals surface area contributed by atoms with Gasteiger partial charge in [-0.2, -0.15) is 0 Å². The Kier molecular flexibility index (Phi) is 4.83. The number of benzene rings is 1. The van der Waals surface area contributed by atoms with Crippen LogP contribution in [0.5, 0.6) is 0 Å². The summed E-state index contributed by atoms with van der Waals surface area (Å²) in [5.41, 5.74) is 2.40. The van der Waals surface area contributed by atoms with Gasteiger partial charge in [0.2, 0.25) is 5.91 Å². The number of likely N-dealkylation sites (tertiary alicyclic amines) is 1. The highest BCUT2D eigenvalue weighted by molar-refractivity contribution is 5.95. The first kappa shape index (κ1) is 16.1. The van der Waals surface area contributed by atoms with Gasteiger partial charge in [0.05, 0.1) is 13.2 Å². The average molecular weight is 330 g/mol. The van der Waals surface area contributed by atoms with Crippen LogP contribution in [0.3, 0.4) is 0 Å². The Morgan fingerprint density at radius 3 is 2.62 bits per heavy atom. The molecule has 1 amide bonds. The third kappa shape index (κ3) is 3.34. The summed E-state index contributed by atoms with van der Waals surface area (Å²) in [6.07, 6.45) is 3.80. The fourth-order valence-corrected chi connectivity index (χ4v) is 4.08. The highest BCUT2D eigenvalue weighted by atomic mass is 16.7. The monoisotopic (exact) mass is 330 g/mol. The van der Waals surface area contributed by atoms with Gasteiger partial charge in [0.1, 0.15) is 0 Å². The van der Waals surface area contributed by atoms with Crippen LogP contribution < -0.4 is 4.90 Å². The molecular weight excluding hydrogens is 304 g/mol. The van der Waals surface area contributed by atoms with Gasteiger partial charge in [-0.3, -0.25) is 4.79 Å². The van der Waals surface area contributed by atoms with Crippen LogP contribution in [0.4, 0.5) is 5.69 Å². The summed E-state index contributed by atoms with van der Waals surface area (Å²) in [6, 6.07) is 8.25. The number of ether oxygens (including phenoxy) is 2. The summed E-state index contributed by atoms with van der Waals surface area (Å²) < 4.78 is 11.3. The molecule has 0 radical (unpaired) electrons. The molecule has 1 aromatic carbocycles. The summed E-state index contributed by atoms with van der Waals surface area (Å²) >= 11 is 0. The van der Waals surface area contributed by atoms with Gasteiger partial charge in [-0.1, -0.05) is 18.2 Å². The summed E-state index contributed by atoms with van der Waals surface area (Å²) in [6.45, 7) is 5.23. The van der Waals surface area contributed by atoms with E-state index in [0.717, 1.165) is 64.3 Å². The molecule has 0 N–H and O–H groups in total. The van der Waals surface area contributed by atoms with Gasteiger partial charge in [-0.05, 0) is 44.0 Å². The minimum absolute atomic E-state index is 0.00915. The van der Waals surface area contributed by atoms with Crippen molar-refractivity contribution in [1.82, 2.24) is 4.90 Å². The van der Waals surface area contributed by atoms with E-state index in [1.54, 1.807) is 0 Å². The zero-order valence-electron chi connectivity index (χ0n) is 14.2. The smallest absolute Gasteiger partial charge is 0.228 e. The second kappa shape index (κ2) is 7.21. The van der Waals surface area contributed by atoms with Crippen LogP contribution in [0.2, 0.25) is 0 Å². The van der Waals surface area contributed by atoms with Gasteiger partial charge in [0.15, 0.2) is 6.29 Å². The first-order chi connectivity index (χ1) is 11.8. The Morgan fingerprint density at radius 2 is 1.83 bits per heavy atom. The first-order valence-electron chi connectivity index (χ1n) is 9.15. The van der Waals surface area contributed by atoms with E-state index < -0.39 is 0 Å². The fourth-order valence-electron chi connectivity index (χ4n) is 4.08. The molecule has 0 aromatic heterocycles. The molecule has 0 bridgehead atoms. The lowest BCUT2D eigenvalue weighted by atomic mass is 9.96. The van der Waals surface area contributed by atoms with Crippen molar-refractivity contribution in [3.63, 3.8) is 0 Å². The lowest BCUT2D eigenvalue weighted by Gasteiger charge is -2.33. The third-order valence-electron chi connectivity index (χ3n) is 5.49. The lowest BCUT2D eigenvalue weighted by Crippen LogP contribution is -2.40. The Bertz CT molecular complexity index is 578. The van der Waals surface area contributed by atoms with Crippen molar-refractivity contribution in [2.75, 3.05) is 44.3 Å². The molecule has 24 heavy (non-hydrogen) atoms. The predicted molar refractivity (Wildman–Crippen MR) is 92.0 cm³/mol. The maximum atomic E-state index is 12.6. The van der Waals surface area contributed by atoms with Crippen molar-refractivity contribution in [2.45, 2.75) is 32.0 Å². The first-order valence-corrected chi connectivity index (χ1v) is 9.15. The molecule has 2 fully saturated rings. The maximum absolute atomic E-state index is 12.6. The number of hydrogen-bond donors (Lipinski definition) is 0. The quantitative estimate of drug-likeness (QED) is 0.847. The van der Waals surface area contributed by atoms with Gasteiger partial charge >= 0.3 is 0 Å². The molecule has 3 aliphatic heterocycles. The third-order valence-corrected chi connectivity index (χ3v) is 5.49. The number of amides is 1. The number of carbonyl (C=O) groups is 1. The standard InChI is InChI=1S/C19H26N2O3/c22-18(21-12-7-15-3-1-2-4-17(15)21)8-11-20-9-5-16(6-10-20)19-23-13-14-24-19/h1-4,16,19H,5-14H2. The van der Waals surface area contributed by atoms with E-state index >= 15 is 0 Å². The Labute approximate surface area is 143 Å². The van der Waals surface area contributed by atoms with Crippen molar-refractivity contribution in [3.8, 4) is 0 Å². The van der Waals surface area contributed by atoms with E-state index in [0.29, 0.717) is 12.3 Å². The highest BCUT2D eigenvalue weighted by Crippen LogP contribution is 2.29. The predicted octanol–water partition coefficient (Wildman–Crippen LogP) is 2.05. The molecule has 0 spiro atoms. The van der Waals surface area contributed by atoms with Crippen LogP contribution in [0.1, 0.15) is 24.8 Å². The van der Waals surface area contributed by atoms with Crippen LogP contribution in [0.15, 0.2) is 24.3 Å². The zero-order chi connectivity index (χ0) is 16.4. The van der Waals surface area contributed by atoms with Gasteiger partial charge < -0.3 is 19.3 Å². The summed E-state index contributed by atoms with van der Waals surface area (Å²) in [4.78, 5) is 17.0. The minimum Gasteiger partial charge on any atom is -0.350 e. The Morgan fingerprint density at radius 1 is 1.08 bits per heavy atom. The molecule has 0 saturated carbocycles. The van der Waals surface area contributed by atoms with Crippen LogP contribution in [-0.4, -0.2) is 56.5 Å². The Hall–Kier alpha value is -1.43. The lowest BCUT2D eigenvalue weighted by molar-refractivity contribution is -0.119. The summed E-state index contributed by atoms with van der Waals surface area (Å²) in [5.74, 6) is 0.773. The molecule has 0 unspecified atom stereocenters. The normalized spacial score (nSPS) is 22.9. The number of anilines is 1. The van der Waals surface area contributed by atoms with Crippen LogP contribution in [0.25, 0.3) is 0 Å². The number of fused-ring (bicyclic) bond motifs is 1. The number of para-hydroxylation sites is 1. The van der Waals surface area contributed by atoms with Crippen molar-refractivity contribution in [2.24, 2.45) is 5.92 Å². The maximum Gasteiger partial charge on any atom is 0.228 e. The van der Waals surface area contributed by atoms with Gasteiger partial charge in [-0.15, -0.1) is 0 Å². The molecule has 5 nitrogen and oxygen atoms in total. The van der Waals surface area contributed by atoms with Crippen LogP contribution in [0, 0.1) is 5.92 Å². The minimum atomic E-state index is 0.00915. The van der Waals surface area contributed by atoms with Gasteiger partial charge in [0, 0.05) is 31.1 Å². The molecule has 0 atom stereocenters.